The van der Waals surface area contributed by atoms with Crippen LogP contribution in [-0.4, -0.2) is 19.5 Å². The Labute approximate surface area is 365 Å². The molecule has 0 saturated carbocycles. The number of aromatic nitrogens is 4. The van der Waals surface area contributed by atoms with Gasteiger partial charge in [-0.2, -0.15) is 0 Å². The number of para-hydroxylation sites is 3. The van der Waals surface area contributed by atoms with Gasteiger partial charge in [-0.25, -0.2) is 15.0 Å². The molecule has 0 radical (unpaired) electrons. The van der Waals surface area contributed by atoms with E-state index in [0.29, 0.717) is 5.82 Å². The third kappa shape index (κ3) is 6.44. The fourth-order valence-corrected chi connectivity index (χ4v) is 9.20. The van der Waals surface area contributed by atoms with E-state index in [4.69, 9.17) is 15.0 Å². The van der Waals surface area contributed by atoms with Crippen LogP contribution in [0, 0.1) is 0 Å². The smallest absolute Gasteiger partial charge is 0.160 e. The summed E-state index contributed by atoms with van der Waals surface area (Å²) in [5, 5.41) is 6.00. The lowest BCUT2D eigenvalue weighted by Crippen LogP contribution is -1.97. The van der Waals surface area contributed by atoms with Crippen molar-refractivity contribution in [3.05, 3.63) is 231 Å². The zero-order valence-corrected chi connectivity index (χ0v) is 34.2. The summed E-state index contributed by atoms with van der Waals surface area (Å²) < 4.78 is 2.35. The largest absolute Gasteiger partial charge is 0.309 e. The third-order valence-corrected chi connectivity index (χ3v) is 12.2. The summed E-state index contributed by atoms with van der Waals surface area (Å²) in [7, 11) is 0. The van der Waals surface area contributed by atoms with Crippen LogP contribution in [0.3, 0.4) is 0 Å². The van der Waals surface area contributed by atoms with Crippen LogP contribution in [-0.2, 0) is 0 Å². The van der Waals surface area contributed by atoms with Crippen LogP contribution >= 0.6 is 0 Å². The first-order chi connectivity index (χ1) is 31.2. The van der Waals surface area contributed by atoms with Crippen molar-refractivity contribution in [3.8, 4) is 73.1 Å². The van der Waals surface area contributed by atoms with E-state index in [1.165, 1.54) is 38.3 Å². The molecule has 0 unspecified atom stereocenters. The SMILES string of the molecule is c1ccc(-c2nc(-c3ccc(-c4ccc(-c5cccc6c(-c7ccccc7)nc7ccccc7c56)cc4)cc3)cc(-c3cccc(-n4c5ccccc5c5ccccc54)c3)n2)cc1. The van der Waals surface area contributed by atoms with Gasteiger partial charge in [-0.05, 0) is 58.7 Å². The Morgan fingerprint density at radius 2 is 0.810 bits per heavy atom. The van der Waals surface area contributed by atoms with Crippen LogP contribution in [0.15, 0.2) is 231 Å². The number of nitrogens with zero attached hydrogens (tertiary/aromatic N) is 4. The molecule has 0 spiro atoms. The van der Waals surface area contributed by atoms with Crippen molar-refractivity contribution < 1.29 is 0 Å². The molecule has 294 valence electrons. The van der Waals surface area contributed by atoms with Crippen molar-refractivity contribution in [1.29, 1.82) is 0 Å². The van der Waals surface area contributed by atoms with Crippen molar-refractivity contribution in [2.24, 2.45) is 0 Å². The molecule has 3 heterocycles. The van der Waals surface area contributed by atoms with Crippen LogP contribution < -0.4 is 0 Å². The quantitative estimate of drug-likeness (QED) is 0.151. The first-order valence-corrected chi connectivity index (χ1v) is 21.4. The maximum atomic E-state index is 5.18. The van der Waals surface area contributed by atoms with E-state index in [1.54, 1.807) is 0 Å². The number of rotatable bonds is 7. The molecule has 63 heavy (non-hydrogen) atoms. The number of hydrogen-bond acceptors (Lipinski definition) is 3. The highest BCUT2D eigenvalue weighted by Crippen LogP contribution is 2.40. The second-order valence-corrected chi connectivity index (χ2v) is 16.0. The minimum absolute atomic E-state index is 0.693. The fraction of sp³-hybridized carbons (Fsp3) is 0. The summed E-state index contributed by atoms with van der Waals surface area (Å²) >= 11 is 0. The minimum Gasteiger partial charge on any atom is -0.309 e. The molecule has 4 nitrogen and oxygen atoms in total. The van der Waals surface area contributed by atoms with Gasteiger partial charge in [-0.15, -0.1) is 0 Å². The molecule has 4 heteroatoms. The molecule has 0 bridgehead atoms. The molecule has 0 atom stereocenters. The highest BCUT2D eigenvalue weighted by molar-refractivity contribution is 6.17. The third-order valence-electron chi connectivity index (χ3n) is 12.2. The molecule has 12 aromatic rings. The fourth-order valence-electron chi connectivity index (χ4n) is 9.20. The summed E-state index contributed by atoms with van der Waals surface area (Å²) in [6.45, 7) is 0. The van der Waals surface area contributed by atoms with Gasteiger partial charge in [-0.3, -0.25) is 0 Å². The van der Waals surface area contributed by atoms with Crippen LogP contribution in [0.2, 0.25) is 0 Å². The van der Waals surface area contributed by atoms with E-state index >= 15 is 0 Å². The number of benzene rings is 9. The molecule has 0 amide bonds. The van der Waals surface area contributed by atoms with Crippen molar-refractivity contribution >= 4 is 43.5 Å². The molecular formula is C59H38N4. The lowest BCUT2D eigenvalue weighted by molar-refractivity contribution is 1.16. The van der Waals surface area contributed by atoms with E-state index < -0.39 is 0 Å². The minimum atomic E-state index is 0.693. The molecule has 0 aliphatic carbocycles. The predicted octanol–water partition coefficient (Wildman–Crippen LogP) is 15.3. The number of fused-ring (bicyclic) bond motifs is 6. The Morgan fingerprint density at radius 1 is 0.302 bits per heavy atom. The monoisotopic (exact) mass is 802 g/mol. The standard InChI is InChI=1S/C59H38N4/c1-3-15-43(16-4-1)58-51-25-14-24-47(57(51)50-23-7-10-26-52(50)60-58)41-33-29-39(30-34-41)40-31-35-42(36-32-40)53-38-54(62-59(61-53)44-17-5-2-6-18-44)45-19-13-20-46(37-45)63-55-27-11-8-21-48(55)49-22-9-12-28-56(49)63/h1-38H. The van der Waals surface area contributed by atoms with Gasteiger partial charge in [0.15, 0.2) is 5.82 Å². The van der Waals surface area contributed by atoms with Gasteiger partial charge >= 0.3 is 0 Å². The van der Waals surface area contributed by atoms with E-state index in [2.05, 4.69) is 217 Å². The van der Waals surface area contributed by atoms with Crippen LogP contribution in [0.1, 0.15) is 0 Å². The van der Waals surface area contributed by atoms with Gasteiger partial charge in [0.05, 0.1) is 33.6 Å². The molecule has 0 saturated heterocycles. The highest BCUT2D eigenvalue weighted by Gasteiger charge is 2.17. The van der Waals surface area contributed by atoms with E-state index in [9.17, 15) is 0 Å². The molecule has 3 aromatic heterocycles. The zero-order chi connectivity index (χ0) is 41.7. The Balaban J connectivity index is 0.905. The second kappa shape index (κ2) is 15.2. The Kier molecular flexibility index (Phi) is 8.79. The molecular weight excluding hydrogens is 765 g/mol. The Bertz CT molecular complexity index is 3590. The van der Waals surface area contributed by atoms with E-state index in [-0.39, 0.29) is 0 Å². The van der Waals surface area contributed by atoms with E-state index in [1.807, 2.05) is 18.2 Å². The first-order valence-electron chi connectivity index (χ1n) is 21.4. The summed E-state index contributed by atoms with van der Waals surface area (Å²) in [4.78, 5) is 15.5. The van der Waals surface area contributed by atoms with Crippen LogP contribution in [0.5, 0.6) is 0 Å². The van der Waals surface area contributed by atoms with Gasteiger partial charge in [0, 0.05) is 54.9 Å². The lowest BCUT2D eigenvalue weighted by atomic mass is 9.92. The molecule has 0 aliphatic rings. The first kappa shape index (κ1) is 36.4. The number of hydrogen-bond donors (Lipinski definition) is 0. The lowest BCUT2D eigenvalue weighted by Gasteiger charge is -2.14. The highest BCUT2D eigenvalue weighted by atomic mass is 15.0. The summed E-state index contributed by atoms with van der Waals surface area (Å²) in [6.07, 6.45) is 0. The van der Waals surface area contributed by atoms with Crippen molar-refractivity contribution in [3.63, 3.8) is 0 Å². The zero-order valence-electron chi connectivity index (χ0n) is 34.2. The maximum absolute atomic E-state index is 5.18. The van der Waals surface area contributed by atoms with Crippen LogP contribution in [0.4, 0.5) is 0 Å². The Hall–Kier alpha value is -8.47. The average Bonchev–Trinajstić information content (AvgIpc) is 3.71. The normalized spacial score (nSPS) is 11.5. The molecule has 0 aliphatic heterocycles. The summed E-state index contributed by atoms with van der Waals surface area (Å²) in [5.74, 6) is 0.693. The molecule has 0 fully saturated rings. The van der Waals surface area contributed by atoms with Crippen molar-refractivity contribution in [2.45, 2.75) is 0 Å². The summed E-state index contributed by atoms with van der Waals surface area (Å²) in [5.41, 5.74) is 16.0. The predicted molar refractivity (Wildman–Crippen MR) is 262 cm³/mol. The van der Waals surface area contributed by atoms with Gasteiger partial charge in [0.2, 0.25) is 0 Å². The number of pyridine rings is 1. The maximum Gasteiger partial charge on any atom is 0.160 e. The molecule has 12 rings (SSSR count). The van der Waals surface area contributed by atoms with Gasteiger partial charge in [0.25, 0.3) is 0 Å². The van der Waals surface area contributed by atoms with Crippen LogP contribution in [0.25, 0.3) is 117 Å². The second-order valence-electron chi connectivity index (χ2n) is 16.0. The van der Waals surface area contributed by atoms with Gasteiger partial charge in [0.1, 0.15) is 0 Å². The van der Waals surface area contributed by atoms with Gasteiger partial charge < -0.3 is 4.57 Å². The Morgan fingerprint density at radius 3 is 1.49 bits per heavy atom. The molecule has 9 aromatic carbocycles. The molecule has 0 N–H and O–H groups in total. The summed E-state index contributed by atoms with van der Waals surface area (Å²) in [6, 6.07) is 81.5. The average molecular weight is 803 g/mol. The topological polar surface area (TPSA) is 43.6 Å². The van der Waals surface area contributed by atoms with E-state index in [0.717, 1.165) is 72.4 Å². The van der Waals surface area contributed by atoms with Crippen molar-refractivity contribution in [1.82, 2.24) is 19.5 Å². The van der Waals surface area contributed by atoms with Crippen molar-refractivity contribution in [2.75, 3.05) is 0 Å². The van der Waals surface area contributed by atoms with Gasteiger partial charge in [-0.1, -0.05) is 194 Å².